The van der Waals surface area contributed by atoms with Crippen molar-refractivity contribution in [2.75, 3.05) is 20.1 Å². The summed E-state index contributed by atoms with van der Waals surface area (Å²) in [5.41, 5.74) is 11.6. The number of rotatable bonds is 7. The van der Waals surface area contributed by atoms with Crippen molar-refractivity contribution in [3.8, 4) is 0 Å². The van der Waals surface area contributed by atoms with Gasteiger partial charge >= 0.3 is 0 Å². The minimum atomic E-state index is 0.370. The highest BCUT2D eigenvalue weighted by atomic mass is 15.0. The summed E-state index contributed by atoms with van der Waals surface area (Å²) >= 11 is 0. The first kappa shape index (κ1) is 12.9. The monoisotopic (exact) mass is 213 g/mol. The van der Waals surface area contributed by atoms with Gasteiger partial charge in [-0.2, -0.15) is 0 Å². The maximum atomic E-state index is 5.62. The topological polar surface area (TPSA) is 64.1 Å². The molecule has 0 amide bonds. The molecule has 0 spiro atoms. The Morgan fingerprint density at radius 3 is 2.60 bits per heavy atom. The van der Waals surface area contributed by atoms with Gasteiger partial charge in [0, 0.05) is 5.54 Å². The van der Waals surface area contributed by atoms with Gasteiger partial charge in [0.2, 0.25) is 0 Å². The standard InChI is InChI=1S/C12H27N3/c1-15-12(8-4-10-14)7-2-5-11(12)6-3-9-13/h11,15H,2-10,13-14H2,1H3. The summed E-state index contributed by atoms with van der Waals surface area (Å²) < 4.78 is 0. The molecule has 3 heteroatoms. The highest BCUT2D eigenvalue weighted by Crippen LogP contribution is 2.41. The van der Waals surface area contributed by atoms with Crippen LogP contribution >= 0.6 is 0 Å². The summed E-state index contributed by atoms with van der Waals surface area (Å²) in [5, 5.41) is 3.57. The van der Waals surface area contributed by atoms with Gasteiger partial charge in [-0.05, 0) is 64.6 Å². The van der Waals surface area contributed by atoms with Crippen LogP contribution in [-0.4, -0.2) is 25.7 Å². The zero-order valence-electron chi connectivity index (χ0n) is 10.1. The highest BCUT2D eigenvalue weighted by Gasteiger charge is 2.39. The van der Waals surface area contributed by atoms with Gasteiger partial charge < -0.3 is 16.8 Å². The molecule has 1 fully saturated rings. The van der Waals surface area contributed by atoms with E-state index in [1.807, 2.05) is 0 Å². The first-order valence-corrected chi connectivity index (χ1v) is 6.38. The van der Waals surface area contributed by atoms with Gasteiger partial charge in [0.25, 0.3) is 0 Å². The lowest BCUT2D eigenvalue weighted by molar-refractivity contribution is 0.225. The number of nitrogens with one attached hydrogen (secondary N) is 1. The Hall–Kier alpha value is -0.120. The summed E-state index contributed by atoms with van der Waals surface area (Å²) in [6.07, 6.45) is 8.86. The summed E-state index contributed by atoms with van der Waals surface area (Å²) in [7, 11) is 2.11. The molecule has 1 aliphatic rings. The molecule has 0 aromatic carbocycles. The van der Waals surface area contributed by atoms with Crippen molar-refractivity contribution in [3.05, 3.63) is 0 Å². The van der Waals surface area contributed by atoms with Crippen LogP contribution in [-0.2, 0) is 0 Å². The van der Waals surface area contributed by atoms with Crippen molar-refractivity contribution in [2.24, 2.45) is 17.4 Å². The van der Waals surface area contributed by atoms with Crippen LogP contribution in [0.5, 0.6) is 0 Å². The highest BCUT2D eigenvalue weighted by molar-refractivity contribution is 4.98. The molecule has 0 aliphatic heterocycles. The van der Waals surface area contributed by atoms with E-state index in [0.717, 1.165) is 31.8 Å². The molecule has 0 aromatic heterocycles. The fourth-order valence-electron chi connectivity index (χ4n) is 3.13. The van der Waals surface area contributed by atoms with E-state index in [2.05, 4.69) is 12.4 Å². The predicted octanol–water partition coefficient (Wildman–Crippen LogP) is 1.22. The van der Waals surface area contributed by atoms with Crippen LogP contribution in [0, 0.1) is 5.92 Å². The van der Waals surface area contributed by atoms with E-state index in [-0.39, 0.29) is 0 Å². The van der Waals surface area contributed by atoms with E-state index >= 15 is 0 Å². The van der Waals surface area contributed by atoms with Crippen molar-refractivity contribution in [1.29, 1.82) is 0 Å². The van der Waals surface area contributed by atoms with Crippen LogP contribution in [0.4, 0.5) is 0 Å². The molecule has 2 unspecified atom stereocenters. The van der Waals surface area contributed by atoms with Crippen LogP contribution in [0.25, 0.3) is 0 Å². The van der Waals surface area contributed by atoms with Gasteiger partial charge in [-0.25, -0.2) is 0 Å². The van der Waals surface area contributed by atoms with Crippen LogP contribution < -0.4 is 16.8 Å². The zero-order chi connectivity index (χ0) is 11.1. The molecular formula is C12H27N3. The van der Waals surface area contributed by atoms with Gasteiger partial charge in [0.15, 0.2) is 0 Å². The molecule has 3 nitrogen and oxygen atoms in total. The van der Waals surface area contributed by atoms with Gasteiger partial charge in [0.1, 0.15) is 0 Å². The average Bonchev–Trinajstić information content (AvgIpc) is 2.67. The fourth-order valence-corrected chi connectivity index (χ4v) is 3.13. The second-order valence-corrected chi connectivity index (χ2v) is 4.82. The predicted molar refractivity (Wildman–Crippen MR) is 65.7 cm³/mol. The molecule has 15 heavy (non-hydrogen) atoms. The van der Waals surface area contributed by atoms with Crippen molar-refractivity contribution in [3.63, 3.8) is 0 Å². The van der Waals surface area contributed by atoms with Crippen molar-refractivity contribution < 1.29 is 0 Å². The SMILES string of the molecule is CNC1(CCCN)CCCC1CCCN. The van der Waals surface area contributed by atoms with Crippen molar-refractivity contribution >= 4 is 0 Å². The Balaban J connectivity index is 2.51. The molecule has 5 N–H and O–H groups in total. The molecule has 0 aromatic rings. The summed E-state index contributed by atoms with van der Waals surface area (Å²) in [6.45, 7) is 1.64. The van der Waals surface area contributed by atoms with E-state index < -0.39 is 0 Å². The quantitative estimate of drug-likeness (QED) is 0.596. The molecule has 1 saturated carbocycles. The second-order valence-electron chi connectivity index (χ2n) is 4.82. The minimum absolute atomic E-state index is 0.370. The molecule has 1 rings (SSSR count). The summed E-state index contributed by atoms with van der Waals surface area (Å²) in [6, 6.07) is 0. The lowest BCUT2D eigenvalue weighted by Gasteiger charge is -2.36. The molecule has 90 valence electrons. The Labute approximate surface area is 94.0 Å². The smallest absolute Gasteiger partial charge is 0.0207 e. The lowest BCUT2D eigenvalue weighted by Crippen LogP contribution is -2.46. The summed E-state index contributed by atoms with van der Waals surface area (Å²) in [5.74, 6) is 0.817. The van der Waals surface area contributed by atoms with Crippen LogP contribution in [0.3, 0.4) is 0 Å². The molecule has 0 saturated heterocycles. The Morgan fingerprint density at radius 1 is 1.27 bits per heavy atom. The molecule has 0 radical (unpaired) electrons. The molecular weight excluding hydrogens is 186 g/mol. The number of hydrogen-bond acceptors (Lipinski definition) is 3. The third-order valence-electron chi connectivity index (χ3n) is 4.04. The average molecular weight is 213 g/mol. The first-order chi connectivity index (χ1) is 7.29. The number of hydrogen-bond donors (Lipinski definition) is 3. The molecule has 2 atom stereocenters. The van der Waals surface area contributed by atoms with Gasteiger partial charge in [-0.15, -0.1) is 0 Å². The van der Waals surface area contributed by atoms with E-state index in [0.29, 0.717) is 5.54 Å². The third-order valence-corrected chi connectivity index (χ3v) is 4.04. The van der Waals surface area contributed by atoms with Crippen LogP contribution in [0.1, 0.15) is 44.9 Å². The van der Waals surface area contributed by atoms with Crippen molar-refractivity contribution in [1.82, 2.24) is 5.32 Å². The van der Waals surface area contributed by atoms with Gasteiger partial charge in [0.05, 0.1) is 0 Å². The molecule has 1 aliphatic carbocycles. The van der Waals surface area contributed by atoms with E-state index in [1.165, 1.54) is 32.1 Å². The summed E-state index contributed by atoms with van der Waals surface area (Å²) in [4.78, 5) is 0. The number of nitrogens with two attached hydrogens (primary N) is 2. The van der Waals surface area contributed by atoms with E-state index in [4.69, 9.17) is 11.5 Å². The first-order valence-electron chi connectivity index (χ1n) is 6.38. The normalized spacial score (nSPS) is 31.0. The van der Waals surface area contributed by atoms with E-state index in [9.17, 15) is 0 Å². The van der Waals surface area contributed by atoms with Crippen LogP contribution in [0.15, 0.2) is 0 Å². The van der Waals surface area contributed by atoms with Gasteiger partial charge in [-0.1, -0.05) is 6.42 Å². The largest absolute Gasteiger partial charge is 0.330 e. The van der Waals surface area contributed by atoms with Gasteiger partial charge in [-0.3, -0.25) is 0 Å². The lowest BCUT2D eigenvalue weighted by atomic mass is 9.80. The fraction of sp³-hybridized carbons (Fsp3) is 1.00. The minimum Gasteiger partial charge on any atom is -0.330 e. The second kappa shape index (κ2) is 6.46. The Kier molecular flexibility index (Phi) is 5.58. The Morgan fingerprint density at radius 2 is 2.00 bits per heavy atom. The maximum Gasteiger partial charge on any atom is 0.0207 e. The zero-order valence-corrected chi connectivity index (χ0v) is 10.1. The van der Waals surface area contributed by atoms with Crippen LogP contribution in [0.2, 0.25) is 0 Å². The van der Waals surface area contributed by atoms with Crippen molar-refractivity contribution in [2.45, 2.75) is 50.5 Å². The Bertz CT molecular complexity index is 172. The molecule has 0 heterocycles. The third kappa shape index (κ3) is 3.16. The molecule has 0 bridgehead atoms. The maximum absolute atomic E-state index is 5.62. The van der Waals surface area contributed by atoms with E-state index in [1.54, 1.807) is 0 Å².